The third kappa shape index (κ3) is 3.57. The number of hydrogen-bond acceptors (Lipinski definition) is 2. The minimum Gasteiger partial charge on any atom is -0.365 e. The molecule has 1 aromatic carbocycles. The van der Waals surface area contributed by atoms with Gasteiger partial charge < -0.3 is 10.2 Å². The molecule has 1 saturated heterocycles. The van der Waals surface area contributed by atoms with Gasteiger partial charge in [-0.05, 0) is 36.5 Å². The van der Waals surface area contributed by atoms with Gasteiger partial charge in [-0.2, -0.15) is 0 Å². The average Bonchev–Trinajstić information content (AvgIpc) is 2.48. The molecule has 1 aromatic rings. The van der Waals surface area contributed by atoms with Crippen molar-refractivity contribution in [2.24, 2.45) is 11.8 Å². The zero-order valence-electron chi connectivity index (χ0n) is 14.0. The van der Waals surface area contributed by atoms with Crippen LogP contribution in [0.2, 0.25) is 0 Å². The van der Waals surface area contributed by atoms with E-state index in [9.17, 15) is 4.39 Å². The van der Waals surface area contributed by atoms with Crippen LogP contribution in [-0.4, -0.2) is 25.2 Å². The fourth-order valence-corrected chi connectivity index (χ4v) is 3.22. The number of hydrogen-bond donors (Lipinski definition) is 1. The Morgan fingerprint density at radius 2 is 2.05 bits per heavy atom. The molecule has 1 fully saturated rings. The van der Waals surface area contributed by atoms with Crippen LogP contribution in [0.25, 0.3) is 0 Å². The lowest BCUT2D eigenvalue weighted by Crippen LogP contribution is -2.60. The monoisotopic (exact) mass is 292 g/mol. The van der Waals surface area contributed by atoms with Gasteiger partial charge in [0, 0.05) is 30.9 Å². The molecule has 2 rings (SSSR count). The molecule has 0 saturated carbocycles. The summed E-state index contributed by atoms with van der Waals surface area (Å²) in [5.74, 6) is 1.03. The Labute approximate surface area is 128 Å². The summed E-state index contributed by atoms with van der Waals surface area (Å²) in [4.78, 5) is 2.43. The Bertz CT molecular complexity index is 472. The normalized spacial score (nSPS) is 24.4. The maximum Gasteiger partial charge on any atom is 0.125 e. The van der Waals surface area contributed by atoms with E-state index in [2.05, 4.69) is 44.8 Å². The summed E-state index contributed by atoms with van der Waals surface area (Å²) in [6.45, 7) is 13.0. The molecule has 1 heterocycles. The largest absolute Gasteiger partial charge is 0.365 e. The summed E-state index contributed by atoms with van der Waals surface area (Å²) in [7, 11) is 0. The molecule has 0 aliphatic carbocycles. The molecule has 1 N–H and O–H groups in total. The number of halogens is 1. The SMILES string of the molecule is CCC(C)C1CN(c2cc(F)ccc2C)C(C(C)C)CN1. The second kappa shape index (κ2) is 6.78. The fraction of sp³-hybridized carbons (Fsp3) is 0.667. The molecule has 3 atom stereocenters. The van der Waals surface area contributed by atoms with E-state index in [1.165, 1.54) is 6.42 Å². The third-order valence-corrected chi connectivity index (χ3v) is 4.96. The maximum atomic E-state index is 13.7. The lowest BCUT2D eigenvalue weighted by atomic mass is 9.91. The quantitative estimate of drug-likeness (QED) is 0.903. The van der Waals surface area contributed by atoms with Crippen LogP contribution in [0.4, 0.5) is 10.1 Å². The van der Waals surface area contributed by atoms with Crippen LogP contribution < -0.4 is 10.2 Å². The molecule has 3 unspecified atom stereocenters. The number of aryl methyl sites for hydroxylation is 1. The highest BCUT2D eigenvalue weighted by Gasteiger charge is 2.32. The van der Waals surface area contributed by atoms with E-state index in [0.29, 0.717) is 23.9 Å². The number of anilines is 1. The van der Waals surface area contributed by atoms with Crippen LogP contribution in [0.3, 0.4) is 0 Å². The number of nitrogens with zero attached hydrogens (tertiary/aromatic N) is 1. The number of nitrogens with one attached hydrogen (secondary N) is 1. The van der Waals surface area contributed by atoms with Crippen LogP contribution in [0, 0.1) is 24.6 Å². The molecule has 118 valence electrons. The zero-order valence-corrected chi connectivity index (χ0v) is 14.0. The lowest BCUT2D eigenvalue weighted by molar-refractivity contribution is 0.281. The molecule has 0 radical (unpaired) electrons. The van der Waals surface area contributed by atoms with Gasteiger partial charge in [0.1, 0.15) is 5.82 Å². The standard InChI is InChI=1S/C18H29FN2/c1-6-13(4)16-11-21(18(10-20-16)12(2)3)17-9-15(19)8-7-14(17)5/h7-9,12-13,16,18,20H,6,10-11H2,1-5H3. The van der Waals surface area contributed by atoms with Crippen LogP contribution in [0.5, 0.6) is 0 Å². The van der Waals surface area contributed by atoms with Gasteiger partial charge >= 0.3 is 0 Å². The molecule has 3 heteroatoms. The molecular weight excluding hydrogens is 263 g/mol. The summed E-state index contributed by atoms with van der Waals surface area (Å²) in [5, 5.41) is 3.70. The molecule has 21 heavy (non-hydrogen) atoms. The fourth-order valence-electron chi connectivity index (χ4n) is 3.22. The van der Waals surface area contributed by atoms with Gasteiger partial charge in [-0.1, -0.05) is 40.2 Å². The first-order valence-corrected chi connectivity index (χ1v) is 8.20. The van der Waals surface area contributed by atoms with Crippen molar-refractivity contribution in [3.05, 3.63) is 29.6 Å². The van der Waals surface area contributed by atoms with Crippen molar-refractivity contribution < 1.29 is 4.39 Å². The van der Waals surface area contributed by atoms with Crippen molar-refractivity contribution in [1.82, 2.24) is 5.32 Å². The van der Waals surface area contributed by atoms with Gasteiger partial charge in [-0.25, -0.2) is 4.39 Å². The molecule has 0 aromatic heterocycles. The summed E-state index contributed by atoms with van der Waals surface area (Å²) in [5.41, 5.74) is 2.22. The van der Waals surface area contributed by atoms with Gasteiger partial charge in [0.05, 0.1) is 0 Å². The first-order valence-electron chi connectivity index (χ1n) is 8.20. The van der Waals surface area contributed by atoms with Gasteiger partial charge in [0.2, 0.25) is 0 Å². The summed E-state index contributed by atoms with van der Waals surface area (Å²) in [6.07, 6.45) is 1.17. The van der Waals surface area contributed by atoms with E-state index in [-0.39, 0.29) is 5.82 Å². The van der Waals surface area contributed by atoms with Gasteiger partial charge in [0.25, 0.3) is 0 Å². The second-order valence-corrected chi connectivity index (χ2v) is 6.79. The van der Waals surface area contributed by atoms with Gasteiger partial charge in [-0.3, -0.25) is 0 Å². The van der Waals surface area contributed by atoms with Crippen molar-refractivity contribution in [1.29, 1.82) is 0 Å². The molecule has 0 bridgehead atoms. The molecule has 0 amide bonds. The summed E-state index contributed by atoms with van der Waals surface area (Å²) >= 11 is 0. The maximum absolute atomic E-state index is 13.7. The van der Waals surface area contributed by atoms with E-state index < -0.39 is 0 Å². The Morgan fingerprint density at radius 3 is 2.67 bits per heavy atom. The number of benzene rings is 1. The number of piperazine rings is 1. The minimum atomic E-state index is -0.142. The molecule has 0 spiro atoms. The van der Waals surface area contributed by atoms with Gasteiger partial charge in [0.15, 0.2) is 0 Å². The van der Waals surface area contributed by atoms with Gasteiger partial charge in [-0.15, -0.1) is 0 Å². The van der Waals surface area contributed by atoms with E-state index in [4.69, 9.17) is 0 Å². The van der Waals surface area contributed by atoms with E-state index in [1.54, 1.807) is 12.1 Å². The highest BCUT2D eigenvalue weighted by molar-refractivity contribution is 5.55. The van der Waals surface area contributed by atoms with Crippen molar-refractivity contribution in [3.8, 4) is 0 Å². The average molecular weight is 292 g/mol. The Kier molecular flexibility index (Phi) is 5.26. The molecular formula is C18H29FN2. The topological polar surface area (TPSA) is 15.3 Å². The predicted octanol–water partition coefficient (Wildman–Crippen LogP) is 3.98. The van der Waals surface area contributed by atoms with Crippen LogP contribution in [0.1, 0.15) is 39.7 Å². The Morgan fingerprint density at radius 1 is 1.33 bits per heavy atom. The van der Waals surface area contributed by atoms with Crippen molar-refractivity contribution in [2.45, 2.75) is 53.1 Å². The first-order chi connectivity index (χ1) is 9.93. The second-order valence-electron chi connectivity index (χ2n) is 6.79. The molecule has 2 nitrogen and oxygen atoms in total. The van der Waals surface area contributed by atoms with Crippen molar-refractivity contribution in [2.75, 3.05) is 18.0 Å². The zero-order chi connectivity index (χ0) is 15.6. The third-order valence-electron chi connectivity index (χ3n) is 4.96. The molecule has 1 aliphatic rings. The number of rotatable bonds is 4. The van der Waals surface area contributed by atoms with Crippen LogP contribution >= 0.6 is 0 Å². The summed E-state index contributed by atoms with van der Waals surface area (Å²) in [6, 6.07) is 6.04. The van der Waals surface area contributed by atoms with E-state index in [1.807, 2.05) is 6.07 Å². The van der Waals surface area contributed by atoms with E-state index in [0.717, 1.165) is 24.3 Å². The summed E-state index contributed by atoms with van der Waals surface area (Å²) < 4.78 is 13.7. The minimum absolute atomic E-state index is 0.142. The highest BCUT2D eigenvalue weighted by atomic mass is 19.1. The highest BCUT2D eigenvalue weighted by Crippen LogP contribution is 2.29. The first kappa shape index (κ1) is 16.3. The van der Waals surface area contributed by atoms with Crippen molar-refractivity contribution >= 4 is 5.69 Å². The van der Waals surface area contributed by atoms with Crippen molar-refractivity contribution in [3.63, 3.8) is 0 Å². The van der Waals surface area contributed by atoms with Crippen LogP contribution in [-0.2, 0) is 0 Å². The smallest absolute Gasteiger partial charge is 0.125 e. The predicted molar refractivity (Wildman–Crippen MR) is 88.4 cm³/mol. The Balaban J connectivity index is 2.31. The van der Waals surface area contributed by atoms with Crippen LogP contribution in [0.15, 0.2) is 18.2 Å². The molecule has 1 aliphatic heterocycles. The van der Waals surface area contributed by atoms with E-state index >= 15 is 0 Å². The lowest BCUT2D eigenvalue weighted by Gasteiger charge is -2.46. The Hall–Kier alpha value is -1.09.